The molecule has 10 nitrogen and oxygen atoms in total. The second-order valence-corrected chi connectivity index (χ2v) is 8.13. The Morgan fingerprint density at radius 3 is 2.49 bits per heavy atom. The van der Waals surface area contributed by atoms with E-state index in [-0.39, 0.29) is 22.1 Å². The summed E-state index contributed by atoms with van der Waals surface area (Å²) in [5.41, 5.74) is 2.43. The molecular formula is C20H15BrClF3N6O4. The quantitative estimate of drug-likeness (QED) is 0.399. The van der Waals surface area contributed by atoms with Crippen LogP contribution in [0.25, 0.3) is 5.82 Å². The molecule has 0 atom stereocenters. The van der Waals surface area contributed by atoms with Gasteiger partial charge >= 0.3 is 12.3 Å². The molecule has 184 valence electrons. The summed E-state index contributed by atoms with van der Waals surface area (Å²) in [4.78, 5) is 41.0. The molecule has 2 aromatic heterocycles. The van der Waals surface area contributed by atoms with E-state index in [0.29, 0.717) is 20.8 Å². The number of hydrogen-bond donors (Lipinski definition) is 3. The standard InChI is InChI=1S/C20H15BrClF3N6O4/c1-9-6-10(21)7-11(17(32)28-29-19(34)35-2)15(9)27-18(33)13-8-14(20(23,24)25)30-31(13)16-12(22)4-3-5-26-16/h3-8H,1-2H3,(H,27,33)(H,28,32)(H,29,34). The second kappa shape index (κ2) is 10.3. The maximum Gasteiger partial charge on any atom is 0.435 e. The Morgan fingerprint density at radius 1 is 1.14 bits per heavy atom. The van der Waals surface area contributed by atoms with E-state index in [9.17, 15) is 27.6 Å². The molecule has 3 amide bonds. The van der Waals surface area contributed by atoms with Gasteiger partial charge in [0.2, 0.25) is 0 Å². The number of aryl methyl sites for hydroxylation is 1. The highest BCUT2D eigenvalue weighted by Gasteiger charge is 2.37. The van der Waals surface area contributed by atoms with Gasteiger partial charge < -0.3 is 10.1 Å². The summed E-state index contributed by atoms with van der Waals surface area (Å²) in [6.45, 7) is 1.55. The molecule has 0 bridgehead atoms. The van der Waals surface area contributed by atoms with Crippen molar-refractivity contribution in [3.05, 3.63) is 68.5 Å². The third-order valence-corrected chi connectivity index (χ3v) is 5.17. The fourth-order valence-electron chi connectivity index (χ4n) is 2.87. The second-order valence-electron chi connectivity index (χ2n) is 6.80. The Labute approximate surface area is 208 Å². The van der Waals surface area contributed by atoms with Gasteiger partial charge in [-0.15, -0.1) is 0 Å². The minimum absolute atomic E-state index is 0.0317. The molecule has 3 N–H and O–H groups in total. The predicted octanol–water partition coefficient (Wildman–Crippen LogP) is 4.26. The first-order valence-electron chi connectivity index (χ1n) is 9.46. The first kappa shape index (κ1) is 26.0. The molecule has 0 aliphatic heterocycles. The third-order valence-electron chi connectivity index (χ3n) is 4.42. The van der Waals surface area contributed by atoms with E-state index in [2.05, 4.69) is 41.5 Å². The van der Waals surface area contributed by atoms with E-state index < -0.39 is 35.5 Å². The molecule has 0 spiro atoms. The Hall–Kier alpha value is -3.65. The SMILES string of the molecule is COC(=O)NNC(=O)c1cc(Br)cc(C)c1NC(=O)c1cc(C(F)(F)F)nn1-c1ncccc1Cl. The summed E-state index contributed by atoms with van der Waals surface area (Å²) >= 11 is 9.29. The van der Waals surface area contributed by atoms with Crippen molar-refractivity contribution in [2.75, 3.05) is 12.4 Å². The zero-order chi connectivity index (χ0) is 25.9. The first-order valence-corrected chi connectivity index (χ1v) is 10.6. The van der Waals surface area contributed by atoms with Crippen LogP contribution in [-0.2, 0) is 10.9 Å². The van der Waals surface area contributed by atoms with Crippen molar-refractivity contribution in [3.63, 3.8) is 0 Å². The molecule has 35 heavy (non-hydrogen) atoms. The van der Waals surface area contributed by atoms with Crippen molar-refractivity contribution < 1.29 is 32.3 Å². The molecule has 0 unspecified atom stereocenters. The minimum Gasteiger partial charge on any atom is -0.452 e. The molecule has 3 aromatic rings. The smallest absolute Gasteiger partial charge is 0.435 e. The summed E-state index contributed by atoms with van der Waals surface area (Å²) < 4.78 is 45.6. The number of benzene rings is 1. The average molecular weight is 576 g/mol. The number of carbonyl (C=O) groups excluding carboxylic acids is 3. The lowest BCUT2D eigenvalue weighted by Gasteiger charge is -2.15. The number of amides is 3. The predicted molar refractivity (Wildman–Crippen MR) is 121 cm³/mol. The van der Waals surface area contributed by atoms with Crippen molar-refractivity contribution in [2.24, 2.45) is 0 Å². The van der Waals surface area contributed by atoms with Crippen LogP contribution in [0.2, 0.25) is 5.02 Å². The van der Waals surface area contributed by atoms with Crippen molar-refractivity contribution in [1.82, 2.24) is 25.6 Å². The van der Waals surface area contributed by atoms with Crippen LogP contribution in [0.4, 0.5) is 23.7 Å². The molecule has 0 saturated carbocycles. The Bertz CT molecular complexity index is 1310. The van der Waals surface area contributed by atoms with Gasteiger partial charge in [0.05, 0.1) is 23.4 Å². The van der Waals surface area contributed by atoms with Crippen molar-refractivity contribution >= 4 is 51.1 Å². The number of methoxy groups -OCH3 is 1. The van der Waals surface area contributed by atoms with Gasteiger partial charge in [0.25, 0.3) is 11.8 Å². The van der Waals surface area contributed by atoms with Gasteiger partial charge in [-0.25, -0.2) is 19.9 Å². The molecule has 2 heterocycles. The third kappa shape index (κ3) is 5.89. The molecule has 0 aliphatic carbocycles. The van der Waals surface area contributed by atoms with E-state index in [1.54, 1.807) is 13.0 Å². The normalized spacial score (nSPS) is 11.1. The lowest BCUT2D eigenvalue weighted by Crippen LogP contribution is -2.41. The molecule has 1 aromatic carbocycles. The van der Waals surface area contributed by atoms with E-state index in [1.165, 1.54) is 24.4 Å². The van der Waals surface area contributed by atoms with Gasteiger partial charge in [0.15, 0.2) is 11.5 Å². The van der Waals surface area contributed by atoms with E-state index in [0.717, 1.165) is 7.11 Å². The summed E-state index contributed by atoms with van der Waals surface area (Å²) in [6, 6.07) is 6.26. The number of anilines is 1. The van der Waals surface area contributed by atoms with Crippen LogP contribution < -0.4 is 16.2 Å². The fraction of sp³-hybridized carbons (Fsp3) is 0.150. The molecule has 3 rings (SSSR count). The number of rotatable bonds is 4. The van der Waals surface area contributed by atoms with Gasteiger partial charge in [-0.2, -0.15) is 18.3 Å². The van der Waals surface area contributed by atoms with Crippen LogP contribution in [0.3, 0.4) is 0 Å². The molecule has 15 heteroatoms. The van der Waals surface area contributed by atoms with Crippen LogP contribution in [0.15, 0.2) is 41.0 Å². The van der Waals surface area contributed by atoms with E-state index >= 15 is 0 Å². The first-order chi connectivity index (χ1) is 16.4. The van der Waals surface area contributed by atoms with Gasteiger partial charge in [-0.05, 0) is 36.8 Å². The fourth-order valence-corrected chi connectivity index (χ4v) is 3.64. The average Bonchev–Trinajstić information content (AvgIpc) is 3.25. The van der Waals surface area contributed by atoms with Crippen LogP contribution >= 0.6 is 27.5 Å². The number of aromatic nitrogens is 3. The lowest BCUT2D eigenvalue weighted by atomic mass is 10.1. The highest BCUT2D eigenvalue weighted by molar-refractivity contribution is 9.10. The number of alkyl halides is 3. The Balaban J connectivity index is 2.04. The maximum atomic E-state index is 13.4. The maximum absolute atomic E-state index is 13.4. The number of carbonyl (C=O) groups is 3. The van der Waals surface area contributed by atoms with Crippen molar-refractivity contribution in [3.8, 4) is 5.82 Å². The number of hydrazine groups is 1. The van der Waals surface area contributed by atoms with Crippen molar-refractivity contribution in [2.45, 2.75) is 13.1 Å². The number of pyridine rings is 1. The monoisotopic (exact) mass is 574 g/mol. The number of hydrogen-bond acceptors (Lipinski definition) is 6. The van der Waals surface area contributed by atoms with E-state index in [1.807, 2.05) is 5.43 Å². The van der Waals surface area contributed by atoms with Crippen LogP contribution in [0, 0.1) is 6.92 Å². The number of ether oxygens (including phenoxy) is 1. The highest BCUT2D eigenvalue weighted by Crippen LogP contribution is 2.31. The lowest BCUT2D eigenvalue weighted by molar-refractivity contribution is -0.141. The molecule has 0 radical (unpaired) electrons. The van der Waals surface area contributed by atoms with Crippen molar-refractivity contribution in [1.29, 1.82) is 0 Å². The van der Waals surface area contributed by atoms with Gasteiger partial charge in [0.1, 0.15) is 5.69 Å². The topological polar surface area (TPSA) is 127 Å². The Kier molecular flexibility index (Phi) is 7.65. The molecular weight excluding hydrogens is 561 g/mol. The minimum atomic E-state index is -4.86. The van der Waals surface area contributed by atoms with Gasteiger partial charge in [-0.1, -0.05) is 27.5 Å². The number of nitrogens with zero attached hydrogens (tertiary/aromatic N) is 3. The largest absolute Gasteiger partial charge is 0.452 e. The summed E-state index contributed by atoms with van der Waals surface area (Å²) in [6.07, 6.45) is -4.54. The van der Waals surface area contributed by atoms with Crippen LogP contribution in [0.1, 0.15) is 32.1 Å². The van der Waals surface area contributed by atoms with Crippen LogP contribution in [-0.4, -0.2) is 39.8 Å². The zero-order valence-corrected chi connectivity index (χ0v) is 20.2. The van der Waals surface area contributed by atoms with Gasteiger partial charge in [-0.3, -0.25) is 15.0 Å². The summed E-state index contributed by atoms with van der Waals surface area (Å²) in [5.74, 6) is -2.08. The van der Waals surface area contributed by atoms with Gasteiger partial charge in [0, 0.05) is 16.7 Å². The summed E-state index contributed by atoms with van der Waals surface area (Å²) in [7, 11) is 1.09. The number of nitrogens with one attached hydrogen (secondary N) is 3. The molecule has 0 fully saturated rings. The zero-order valence-electron chi connectivity index (χ0n) is 17.8. The molecule has 0 saturated heterocycles. The number of halogens is 5. The Morgan fingerprint density at radius 2 is 1.86 bits per heavy atom. The summed E-state index contributed by atoms with van der Waals surface area (Å²) in [5, 5.41) is 5.85. The highest BCUT2D eigenvalue weighted by atomic mass is 79.9. The molecule has 0 aliphatic rings. The van der Waals surface area contributed by atoms with Crippen LogP contribution in [0.5, 0.6) is 0 Å². The van der Waals surface area contributed by atoms with E-state index in [4.69, 9.17) is 11.6 Å².